The standard InChI is InChI=1S/C19H13FO2/c1-12-9-16(13-5-3-2-4-6-13)17-11-14(19(21)22)7-8-15(17)18(20)10-12/h2-11H,1H2,(H,21,22). The summed E-state index contributed by atoms with van der Waals surface area (Å²) in [6.07, 6.45) is 3.13. The molecule has 0 atom stereocenters. The van der Waals surface area contributed by atoms with Gasteiger partial charge < -0.3 is 5.11 Å². The van der Waals surface area contributed by atoms with E-state index in [2.05, 4.69) is 6.58 Å². The number of benzene rings is 2. The third-order valence-corrected chi connectivity index (χ3v) is 3.54. The van der Waals surface area contributed by atoms with Crippen molar-refractivity contribution in [2.24, 2.45) is 0 Å². The van der Waals surface area contributed by atoms with Crippen molar-refractivity contribution in [1.29, 1.82) is 0 Å². The van der Waals surface area contributed by atoms with Gasteiger partial charge in [0, 0.05) is 5.56 Å². The zero-order valence-electron chi connectivity index (χ0n) is 11.7. The number of carboxylic acid groups (broad SMARTS) is 1. The van der Waals surface area contributed by atoms with Gasteiger partial charge in [0.25, 0.3) is 0 Å². The Balaban J connectivity index is 2.29. The highest BCUT2D eigenvalue weighted by atomic mass is 19.1. The molecule has 0 aromatic heterocycles. The van der Waals surface area contributed by atoms with Gasteiger partial charge in [0.1, 0.15) is 5.83 Å². The smallest absolute Gasteiger partial charge is 0.335 e. The van der Waals surface area contributed by atoms with E-state index in [0.29, 0.717) is 16.7 Å². The van der Waals surface area contributed by atoms with E-state index in [0.717, 1.165) is 11.1 Å². The Hall–Kier alpha value is -2.94. The average molecular weight is 292 g/mol. The van der Waals surface area contributed by atoms with Crippen molar-refractivity contribution in [2.75, 3.05) is 0 Å². The summed E-state index contributed by atoms with van der Waals surface area (Å²) in [4.78, 5) is 11.2. The Morgan fingerprint density at radius 2 is 1.73 bits per heavy atom. The molecule has 0 radical (unpaired) electrons. The minimum atomic E-state index is -1.04. The zero-order valence-corrected chi connectivity index (χ0v) is 11.7. The van der Waals surface area contributed by atoms with Gasteiger partial charge in [-0.15, -0.1) is 0 Å². The number of allylic oxidation sites excluding steroid dienone is 3. The van der Waals surface area contributed by atoms with E-state index in [9.17, 15) is 14.3 Å². The second kappa shape index (κ2) is 5.45. The van der Waals surface area contributed by atoms with Gasteiger partial charge >= 0.3 is 5.97 Å². The summed E-state index contributed by atoms with van der Waals surface area (Å²) in [6.45, 7) is 3.83. The van der Waals surface area contributed by atoms with Gasteiger partial charge in [-0.05, 0) is 46.6 Å². The Labute approximate surface area is 127 Å². The van der Waals surface area contributed by atoms with Crippen LogP contribution in [-0.2, 0) is 0 Å². The molecule has 0 saturated carbocycles. The van der Waals surface area contributed by atoms with E-state index in [1.165, 1.54) is 24.3 Å². The number of hydrogen-bond acceptors (Lipinski definition) is 1. The first-order valence-corrected chi connectivity index (χ1v) is 6.77. The molecule has 2 nitrogen and oxygen atoms in total. The maximum Gasteiger partial charge on any atom is 0.335 e. The molecule has 0 bridgehead atoms. The second-order valence-electron chi connectivity index (χ2n) is 5.06. The highest BCUT2D eigenvalue weighted by Crippen LogP contribution is 2.35. The fourth-order valence-electron chi connectivity index (χ4n) is 2.51. The third-order valence-electron chi connectivity index (χ3n) is 3.54. The van der Waals surface area contributed by atoms with E-state index in [1.54, 1.807) is 6.08 Å². The van der Waals surface area contributed by atoms with Gasteiger partial charge in [0.15, 0.2) is 0 Å². The lowest BCUT2D eigenvalue weighted by Gasteiger charge is -2.12. The summed E-state index contributed by atoms with van der Waals surface area (Å²) in [5.41, 5.74) is 3.23. The normalized spacial score (nSPS) is 13.8. The van der Waals surface area contributed by atoms with Crippen LogP contribution in [0.25, 0.3) is 11.4 Å². The van der Waals surface area contributed by atoms with Crippen LogP contribution in [0.15, 0.2) is 72.8 Å². The summed E-state index contributed by atoms with van der Waals surface area (Å²) in [5, 5.41) is 9.19. The van der Waals surface area contributed by atoms with Gasteiger partial charge in [0.05, 0.1) is 5.56 Å². The summed E-state index contributed by atoms with van der Waals surface area (Å²) in [5.74, 6) is -1.46. The number of halogens is 1. The maximum atomic E-state index is 14.3. The van der Waals surface area contributed by atoms with Crippen LogP contribution in [0.2, 0.25) is 0 Å². The van der Waals surface area contributed by atoms with Crippen LogP contribution >= 0.6 is 0 Å². The van der Waals surface area contributed by atoms with Crippen LogP contribution in [0.4, 0.5) is 4.39 Å². The predicted molar refractivity (Wildman–Crippen MR) is 85.1 cm³/mol. The second-order valence-corrected chi connectivity index (χ2v) is 5.06. The van der Waals surface area contributed by atoms with E-state index < -0.39 is 11.8 Å². The Bertz CT molecular complexity index is 830. The van der Waals surface area contributed by atoms with E-state index in [-0.39, 0.29) is 5.56 Å². The van der Waals surface area contributed by atoms with Crippen molar-refractivity contribution >= 4 is 17.4 Å². The van der Waals surface area contributed by atoms with Crippen LogP contribution in [0.3, 0.4) is 0 Å². The number of hydrogen-bond donors (Lipinski definition) is 1. The van der Waals surface area contributed by atoms with Gasteiger partial charge in [-0.2, -0.15) is 0 Å². The van der Waals surface area contributed by atoms with Crippen LogP contribution in [0.5, 0.6) is 0 Å². The molecule has 0 spiro atoms. The summed E-state index contributed by atoms with van der Waals surface area (Å²) < 4.78 is 14.3. The molecule has 0 heterocycles. The number of carbonyl (C=O) groups is 1. The topological polar surface area (TPSA) is 37.3 Å². The number of aromatic carboxylic acids is 1. The van der Waals surface area contributed by atoms with Gasteiger partial charge in [-0.3, -0.25) is 0 Å². The SMILES string of the molecule is C=C1C=C(F)c2ccc(C(=O)O)cc2C(c2ccccc2)=C1. The molecular weight excluding hydrogens is 279 g/mol. The number of carboxylic acids is 1. The lowest BCUT2D eigenvalue weighted by molar-refractivity contribution is 0.0697. The van der Waals surface area contributed by atoms with Crippen molar-refractivity contribution in [2.45, 2.75) is 0 Å². The molecule has 2 aromatic carbocycles. The molecule has 0 unspecified atom stereocenters. The number of fused-ring (bicyclic) bond motifs is 1. The molecule has 3 rings (SSSR count). The average Bonchev–Trinajstić information content (AvgIpc) is 2.64. The minimum absolute atomic E-state index is 0.126. The van der Waals surface area contributed by atoms with Crippen LogP contribution < -0.4 is 0 Å². The van der Waals surface area contributed by atoms with E-state index in [1.807, 2.05) is 30.3 Å². The Kier molecular flexibility index (Phi) is 3.47. The Morgan fingerprint density at radius 3 is 2.41 bits per heavy atom. The van der Waals surface area contributed by atoms with Gasteiger partial charge in [-0.25, -0.2) is 9.18 Å². The first-order valence-electron chi connectivity index (χ1n) is 6.77. The summed E-state index contributed by atoms with van der Waals surface area (Å²) in [6, 6.07) is 13.9. The van der Waals surface area contributed by atoms with Crippen molar-refractivity contribution in [3.8, 4) is 0 Å². The molecule has 1 N–H and O–H groups in total. The molecular formula is C19H13FO2. The van der Waals surface area contributed by atoms with Crippen molar-refractivity contribution in [1.82, 2.24) is 0 Å². The molecule has 1 aliphatic carbocycles. The Morgan fingerprint density at radius 1 is 1.00 bits per heavy atom. The summed E-state index contributed by atoms with van der Waals surface area (Å²) >= 11 is 0. The summed E-state index contributed by atoms with van der Waals surface area (Å²) in [7, 11) is 0. The third kappa shape index (κ3) is 2.49. The first-order chi connectivity index (χ1) is 10.6. The molecule has 0 saturated heterocycles. The van der Waals surface area contributed by atoms with Crippen molar-refractivity contribution < 1.29 is 14.3 Å². The highest BCUT2D eigenvalue weighted by molar-refractivity contribution is 5.94. The maximum absolute atomic E-state index is 14.3. The zero-order chi connectivity index (χ0) is 15.7. The first kappa shape index (κ1) is 14.0. The molecule has 1 aliphatic rings. The highest BCUT2D eigenvalue weighted by Gasteiger charge is 2.18. The van der Waals surface area contributed by atoms with Gasteiger partial charge in [-0.1, -0.05) is 43.0 Å². The van der Waals surface area contributed by atoms with E-state index in [4.69, 9.17) is 0 Å². The fourth-order valence-corrected chi connectivity index (χ4v) is 2.51. The molecule has 0 aliphatic heterocycles. The monoisotopic (exact) mass is 292 g/mol. The van der Waals surface area contributed by atoms with Crippen molar-refractivity contribution in [3.63, 3.8) is 0 Å². The van der Waals surface area contributed by atoms with Crippen molar-refractivity contribution in [3.05, 3.63) is 95.1 Å². The molecule has 3 heteroatoms. The molecule has 0 fully saturated rings. The molecule has 22 heavy (non-hydrogen) atoms. The molecule has 0 amide bonds. The van der Waals surface area contributed by atoms with E-state index >= 15 is 0 Å². The van der Waals surface area contributed by atoms with Gasteiger partial charge in [0.2, 0.25) is 0 Å². The lowest BCUT2D eigenvalue weighted by Crippen LogP contribution is -2.00. The predicted octanol–water partition coefficient (Wildman–Crippen LogP) is 4.70. The largest absolute Gasteiger partial charge is 0.478 e. The fraction of sp³-hybridized carbons (Fsp3) is 0. The quantitative estimate of drug-likeness (QED) is 0.871. The molecule has 108 valence electrons. The van der Waals surface area contributed by atoms with Crippen LogP contribution in [0.1, 0.15) is 27.0 Å². The number of rotatable bonds is 2. The minimum Gasteiger partial charge on any atom is -0.478 e. The molecule has 2 aromatic rings. The van der Waals surface area contributed by atoms with Crippen LogP contribution in [-0.4, -0.2) is 11.1 Å². The van der Waals surface area contributed by atoms with Crippen LogP contribution in [0, 0.1) is 0 Å². The lowest BCUT2D eigenvalue weighted by atomic mass is 9.92.